The van der Waals surface area contributed by atoms with E-state index in [1.807, 2.05) is 78.6 Å². The van der Waals surface area contributed by atoms with E-state index in [0.717, 1.165) is 29.8 Å². The number of carbonyl (C=O) groups is 2. The Hall–Kier alpha value is -3.86. The maximum absolute atomic E-state index is 13.8. The fraction of sp³-hybridized carbons (Fsp3) is 0.214. The number of hydrogen-bond donors (Lipinski definition) is 0. The lowest BCUT2D eigenvalue weighted by Gasteiger charge is -2.22. The molecular weight excluding hydrogens is 412 g/mol. The predicted molar refractivity (Wildman–Crippen MR) is 130 cm³/mol. The van der Waals surface area contributed by atoms with E-state index in [1.165, 1.54) is 10.5 Å². The molecule has 0 bridgehead atoms. The van der Waals surface area contributed by atoms with Crippen molar-refractivity contribution in [3.63, 3.8) is 0 Å². The number of aryl methyl sites for hydroxylation is 1. The summed E-state index contributed by atoms with van der Waals surface area (Å²) in [5.74, 6) is 0.164. The molecular formula is C28H26N2O3. The number of fused-ring (bicyclic) bond motifs is 1. The van der Waals surface area contributed by atoms with Gasteiger partial charge in [-0.1, -0.05) is 49.4 Å². The molecule has 166 valence electrons. The van der Waals surface area contributed by atoms with Crippen molar-refractivity contribution in [1.29, 1.82) is 0 Å². The van der Waals surface area contributed by atoms with E-state index >= 15 is 0 Å². The Kier molecular flexibility index (Phi) is 5.47. The van der Waals surface area contributed by atoms with Crippen molar-refractivity contribution in [3.05, 3.63) is 95.2 Å². The van der Waals surface area contributed by atoms with Gasteiger partial charge in [0.25, 0.3) is 11.8 Å². The zero-order valence-corrected chi connectivity index (χ0v) is 18.9. The third kappa shape index (κ3) is 3.69. The van der Waals surface area contributed by atoms with Crippen LogP contribution in [-0.2, 0) is 16.0 Å². The van der Waals surface area contributed by atoms with Crippen LogP contribution in [0, 0.1) is 6.92 Å². The number of amides is 2. The average Bonchev–Trinajstić information content (AvgIpc) is 3.36. The second-order valence-electron chi connectivity index (χ2n) is 8.41. The largest absolute Gasteiger partial charge is 0.494 e. The monoisotopic (exact) mass is 438 g/mol. The van der Waals surface area contributed by atoms with Gasteiger partial charge in [-0.25, -0.2) is 4.90 Å². The first kappa shape index (κ1) is 21.0. The van der Waals surface area contributed by atoms with E-state index in [1.54, 1.807) is 0 Å². The maximum atomic E-state index is 13.8. The normalized spacial score (nSPS) is 15.5. The lowest BCUT2D eigenvalue weighted by molar-refractivity contribution is -0.120. The van der Waals surface area contributed by atoms with Gasteiger partial charge in [0.2, 0.25) is 0 Å². The van der Waals surface area contributed by atoms with Gasteiger partial charge in [0.15, 0.2) is 0 Å². The van der Waals surface area contributed by atoms with Crippen LogP contribution in [0.25, 0.3) is 5.57 Å². The summed E-state index contributed by atoms with van der Waals surface area (Å²) in [7, 11) is 0. The summed E-state index contributed by atoms with van der Waals surface area (Å²) in [6, 6.07) is 23.0. The molecule has 0 N–H and O–H groups in total. The molecule has 3 aromatic rings. The molecule has 3 aromatic carbocycles. The van der Waals surface area contributed by atoms with Crippen LogP contribution < -0.4 is 14.5 Å². The summed E-state index contributed by atoms with van der Waals surface area (Å²) in [6.07, 6.45) is 1.76. The predicted octanol–water partition coefficient (Wildman–Crippen LogP) is 5.13. The standard InChI is InChI=1S/C28H26N2O3/c1-3-17-33-23-13-11-21(12-14-23)25-26(29-16-15-20-8-4-5-10-24(20)29)28(32)30(27(25)31)22-9-6-7-19(2)18-22/h4-14,18H,3,15-17H2,1-2H3. The summed E-state index contributed by atoms with van der Waals surface area (Å²) in [4.78, 5) is 30.9. The first-order valence-corrected chi connectivity index (χ1v) is 11.4. The maximum Gasteiger partial charge on any atom is 0.282 e. The second-order valence-corrected chi connectivity index (χ2v) is 8.41. The third-order valence-electron chi connectivity index (χ3n) is 6.09. The minimum Gasteiger partial charge on any atom is -0.494 e. The lowest BCUT2D eigenvalue weighted by atomic mass is 10.0. The first-order chi connectivity index (χ1) is 16.1. The number of benzene rings is 3. The Labute approximate surface area is 193 Å². The van der Waals surface area contributed by atoms with Gasteiger partial charge in [0.05, 0.1) is 17.9 Å². The fourth-order valence-electron chi connectivity index (χ4n) is 4.54. The van der Waals surface area contributed by atoms with Gasteiger partial charge in [-0.3, -0.25) is 9.59 Å². The topological polar surface area (TPSA) is 49.9 Å². The molecule has 2 aliphatic rings. The second kappa shape index (κ2) is 8.58. The van der Waals surface area contributed by atoms with Gasteiger partial charge in [0.1, 0.15) is 11.4 Å². The Balaban J connectivity index is 1.62. The van der Waals surface area contributed by atoms with Gasteiger partial charge >= 0.3 is 0 Å². The third-order valence-corrected chi connectivity index (χ3v) is 6.09. The van der Waals surface area contributed by atoms with Crippen molar-refractivity contribution in [2.24, 2.45) is 0 Å². The molecule has 0 spiro atoms. The van der Waals surface area contributed by atoms with Gasteiger partial charge < -0.3 is 9.64 Å². The minimum atomic E-state index is -0.299. The molecule has 0 atom stereocenters. The number of rotatable bonds is 6. The molecule has 2 heterocycles. The zero-order valence-electron chi connectivity index (χ0n) is 18.9. The van der Waals surface area contributed by atoms with Crippen LogP contribution in [0.4, 0.5) is 11.4 Å². The zero-order chi connectivity index (χ0) is 22.9. The number of imide groups is 1. The average molecular weight is 439 g/mol. The van der Waals surface area contributed by atoms with E-state index in [-0.39, 0.29) is 11.8 Å². The molecule has 0 aliphatic carbocycles. The van der Waals surface area contributed by atoms with Crippen LogP contribution in [0.1, 0.15) is 30.0 Å². The van der Waals surface area contributed by atoms with Crippen molar-refractivity contribution in [1.82, 2.24) is 0 Å². The SMILES string of the molecule is CCCOc1ccc(C2=C(N3CCc4ccccc43)C(=O)N(c3cccc(C)c3)C2=O)cc1. The van der Waals surface area contributed by atoms with Gasteiger partial charge in [0, 0.05) is 12.2 Å². The minimum absolute atomic E-state index is 0.288. The molecule has 0 aromatic heterocycles. The summed E-state index contributed by atoms with van der Waals surface area (Å²) >= 11 is 0. The molecule has 5 heteroatoms. The van der Waals surface area contributed by atoms with Crippen molar-refractivity contribution in [3.8, 4) is 5.75 Å². The van der Waals surface area contributed by atoms with Crippen LogP contribution in [0.15, 0.2) is 78.5 Å². The molecule has 2 amide bonds. The highest BCUT2D eigenvalue weighted by Crippen LogP contribution is 2.40. The summed E-state index contributed by atoms with van der Waals surface area (Å²) in [5.41, 5.74) is 5.34. The summed E-state index contributed by atoms with van der Waals surface area (Å²) in [6.45, 7) is 5.31. The molecule has 0 saturated carbocycles. The van der Waals surface area contributed by atoms with Crippen LogP contribution in [-0.4, -0.2) is 25.0 Å². The molecule has 33 heavy (non-hydrogen) atoms. The first-order valence-electron chi connectivity index (χ1n) is 11.4. The van der Waals surface area contributed by atoms with Crippen LogP contribution in [0.2, 0.25) is 0 Å². The Morgan fingerprint density at radius 3 is 2.45 bits per heavy atom. The Morgan fingerprint density at radius 1 is 0.909 bits per heavy atom. The Bertz CT molecular complexity index is 1260. The molecule has 0 saturated heterocycles. The number of ether oxygens (including phenoxy) is 1. The van der Waals surface area contributed by atoms with Crippen molar-refractivity contribution >= 4 is 28.8 Å². The number of hydrogen-bond acceptors (Lipinski definition) is 4. The Morgan fingerprint density at radius 2 is 1.70 bits per heavy atom. The number of carbonyl (C=O) groups excluding carboxylic acids is 2. The molecule has 0 radical (unpaired) electrons. The summed E-state index contributed by atoms with van der Waals surface area (Å²) < 4.78 is 5.71. The highest BCUT2D eigenvalue weighted by Gasteiger charge is 2.44. The molecule has 2 aliphatic heterocycles. The van der Waals surface area contributed by atoms with Crippen molar-refractivity contribution < 1.29 is 14.3 Å². The summed E-state index contributed by atoms with van der Waals surface area (Å²) in [5, 5.41) is 0. The highest BCUT2D eigenvalue weighted by molar-refractivity contribution is 6.46. The highest BCUT2D eigenvalue weighted by atomic mass is 16.5. The van der Waals surface area contributed by atoms with E-state index in [0.29, 0.717) is 35.7 Å². The van der Waals surface area contributed by atoms with Crippen molar-refractivity contribution in [2.45, 2.75) is 26.7 Å². The van der Waals surface area contributed by atoms with Gasteiger partial charge in [-0.05, 0) is 66.8 Å². The number of para-hydroxylation sites is 1. The van der Waals surface area contributed by atoms with Crippen LogP contribution >= 0.6 is 0 Å². The van der Waals surface area contributed by atoms with Crippen LogP contribution in [0.3, 0.4) is 0 Å². The van der Waals surface area contributed by atoms with Gasteiger partial charge in [-0.2, -0.15) is 0 Å². The van der Waals surface area contributed by atoms with Gasteiger partial charge in [-0.15, -0.1) is 0 Å². The fourth-order valence-corrected chi connectivity index (χ4v) is 4.54. The smallest absolute Gasteiger partial charge is 0.282 e. The molecule has 5 nitrogen and oxygen atoms in total. The van der Waals surface area contributed by atoms with E-state index in [4.69, 9.17) is 4.74 Å². The van der Waals surface area contributed by atoms with E-state index in [9.17, 15) is 9.59 Å². The molecule has 5 rings (SSSR count). The van der Waals surface area contributed by atoms with E-state index < -0.39 is 0 Å². The lowest BCUT2D eigenvalue weighted by Crippen LogP contribution is -2.34. The van der Waals surface area contributed by atoms with E-state index in [2.05, 4.69) is 13.0 Å². The number of anilines is 2. The number of nitrogens with zero attached hydrogens (tertiary/aromatic N) is 2. The van der Waals surface area contributed by atoms with Crippen molar-refractivity contribution in [2.75, 3.05) is 23.0 Å². The van der Waals surface area contributed by atoms with Crippen LogP contribution in [0.5, 0.6) is 5.75 Å². The molecule has 0 unspecified atom stereocenters. The molecule has 0 fully saturated rings. The quantitative estimate of drug-likeness (QED) is 0.501.